The van der Waals surface area contributed by atoms with Crippen LogP contribution in [0.25, 0.3) is 11.4 Å². The minimum Gasteiger partial charge on any atom is -0.366 e. The van der Waals surface area contributed by atoms with E-state index in [1.54, 1.807) is 42.1 Å². The number of aromatic nitrogens is 3. The number of rotatable bonds is 8. The molecule has 1 saturated carbocycles. The molecule has 190 valence electrons. The average molecular weight is 516 g/mol. The summed E-state index contributed by atoms with van der Waals surface area (Å²) in [4.78, 5) is 13.9. The van der Waals surface area contributed by atoms with E-state index in [1.165, 1.54) is 12.1 Å². The zero-order chi connectivity index (χ0) is 25.5. The average Bonchev–Trinajstić information content (AvgIpc) is 3.19. The topological polar surface area (TPSA) is 77.0 Å². The van der Waals surface area contributed by atoms with E-state index in [9.17, 15) is 18.0 Å². The molecule has 3 aromatic rings. The predicted molar refractivity (Wildman–Crippen MR) is 133 cm³/mol. The summed E-state index contributed by atoms with van der Waals surface area (Å²) in [5.41, 5.74) is 7.29. The Balaban J connectivity index is 1.10. The van der Waals surface area contributed by atoms with Gasteiger partial charge in [0.1, 0.15) is 0 Å². The Bertz CT molecular complexity index is 1260. The molecule has 36 heavy (non-hydrogen) atoms. The second-order valence-electron chi connectivity index (χ2n) is 9.78. The van der Waals surface area contributed by atoms with Gasteiger partial charge in [-0.2, -0.15) is 13.2 Å². The van der Waals surface area contributed by atoms with E-state index < -0.39 is 17.6 Å². The van der Waals surface area contributed by atoms with Gasteiger partial charge in [0.15, 0.2) is 11.0 Å². The predicted octanol–water partition coefficient (Wildman–Crippen LogP) is 4.96. The number of hydrogen-bond acceptors (Lipinski definition) is 5. The van der Waals surface area contributed by atoms with Crippen LogP contribution >= 0.6 is 11.8 Å². The molecule has 10 heteroatoms. The van der Waals surface area contributed by atoms with Crippen LogP contribution in [0.15, 0.2) is 53.7 Å². The highest BCUT2D eigenvalue weighted by molar-refractivity contribution is 7.99. The molecule has 0 bridgehead atoms. The normalized spacial score (nSPS) is 21.8. The Labute approximate surface area is 212 Å². The molecular formula is C26H28F3N5OS. The molecule has 2 atom stereocenters. The third-order valence-electron chi connectivity index (χ3n) is 7.38. The van der Waals surface area contributed by atoms with Crippen molar-refractivity contribution in [3.8, 4) is 11.4 Å². The van der Waals surface area contributed by atoms with Crippen molar-refractivity contribution in [2.45, 2.75) is 36.5 Å². The number of nitrogens with zero attached hydrogens (tertiary/aromatic N) is 4. The quantitative estimate of drug-likeness (QED) is 0.339. The maximum atomic E-state index is 12.8. The van der Waals surface area contributed by atoms with Gasteiger partial charge in [-0.3, -0.25) is 4.79 Å². The van der Waals surface area contributed by atoms with Gasteiger partial charge in [0, 0.05) is 30.5 Å². The molecule has 1 saturated heterocycles. The van der Waals surface area contributed by atoms with E-state index >= 15 is 0 Å². The zero-order valence-electron chi connectivity index (χ0n) is 20.0. The first kappa shape index (κ1) is 24.8. The molecule has 2 aliphatic rings. The summed E-state index contributed by atoms with van der Waals surface area (Å²) < 4.78 is 40.5. The van der Waals surface area contributed by atoms with Crippen molar-refractivity contribution < 1.29 is 18.0 Å². The van der Waals surface area contributed by atoms with Crippen molar-refractivity contribution >= 4 is 17.7 Å². The van der Waals surface area contributed by atoms with Crippen LogP contribution in [0.2, 0.25) is 0 Å². The van der Waals surface area contributed by atoms with Crippen LogP contribution in [0.1, 0.15) is 46.7 Å². The Kier molecular flexibility index (Phi) is 6.59. The summed E-state index contributed by atoms with van der Waals surface area (Å²) in [5, 5.41) is 9.42. The summed E-state index contributed by atoms with van der Waals surface area (Å²) >= 11 is 1.65. The van der Waals surface area contributed by atoms with E-state index in [2.05, 4.69) is 15.1 Å². The van der Waals surface area contributed by atoms with Gasteiger partial charge in [0.2, 0.25) is 5.91 Å². The fraction of sp³-hybridized carbons (Fsp3) is 0.423. The number of amides is 1. The minimum atomic E-state index is -4.29. The molecule has 2 N–H and O–H groups in total. The summed E-state index contributed by atoms with van der Waals surface area (Å²) in [6.07, 6.45) is -1.12. The molecule has 2 unspecified atom stereocenters. The SMILES string of the molecule is Cn1c(SCCCN2CCC3(CC3c3ccc(C(F)(F)F)cc3)C2)nnc1-c1cccc(C(N)=O)c1. The summed E-state index contributed by atoms with van der Waals surface area (Å²) in [6.45, 7) is 3.03. The number of carbonyl (C=O) groups excluding carboxylic acids is 1. The van der Waals surface area contributed by atoms with Gasteiger partial charge >= 0.3 is 6.18 Å². The van der Waals surface area contributed by atoms with Crippen LogP contribution in [-0.2, 0) is 13.2 Å². The first-order valence-electron chi connectivity index (χ1n) is 12.0. The van der Waals surface area contributed by atoms with Gasteiger partial charge < -0.3 is 15.2 Å². The van der Waals surface area contributed by atoms with Gasteiger partial charge in [0.05, 0.1) is 5.56 Å². The standard InChI is InChI=1S/C26H28F3N5OS/c1-33-23(19-5-2-4-18(14-19)22(30)35)31-32-24(33)36-13-3-11-34-12-10-25(16-34)15-21(25)17-6-8-20(9-7-17)26(27,28)29/h2,4-9,14,21H,3,10-13,15-16H2,1H3,(H2,30,35). The second kappa shape index (κ2) is 9.55. The molecule has 1 spiro atoms. The highest BCUT2D eigenvalue weighted by atomic mass is 32.2. The smallest absolute Gasteiger partial charge is 0.366 e. The number of primary amides is 1. The van der Waals surface area contributed by atoms with E-state index in [0.717, 1.165) is 60.9 Å². The maximum Gasteiger partial charge on any atom is 0.416 e. The fourth-order valence-corrected chi connectivity index (χ4v) is 6.14. The number of nitrogens with two attached hydrogens (primary N) is 1. The lowest BCUT2D eigenvalue weighted by Crippen LogP contribution is -2.23. The lowest BCUT2D eigenvalue weighted by molar-refractivity contribution is -0.137. The summed E-state index contributed by atoms with van der Waals surface area (Å²) in [5.74, 6) is 1.47. The molecule has 5 rings (SSSR count). The van der Waals surface area contributed by atoms with Crippen molar-refractivity contribution in [3.63, 3.8) is 0 Å². The molecule has 0 radical (unpaired) electrons. The number of hydrogen-bond donors (Lipinski definition) is 1. The van der Waals surface area contributed by atoms with Crippen molar-refractivity contribution in [1.82, 2.24) is 19.7 Å². The van der Waals surface area contributed by atoms with E-state index in [1.807, 2.05) is 17.7 Å². The van der Waals surface area contributed by atoms with Crippen LogP contribution < -0.4 is 5.73 Å². The van der Waals surface area contributed by atoms with Gasteiger partial charge in [-0.25, -0.2) is 0 Å². The largest absolute Gasteiger partial charge is 0.416 e. The van der Waals surface area contributed by atoms with Crippen LogP contribution in [0.4, 0.5) is 13.2 Å². The number of halogens is 3. The fourth-order valence-electron chi connectivity index (χ4n) is 5.30. The molecule has 1 aromatic heterocycles. The molecule has 6 nitrogen and oxygen atoms in total. The van der Waals surface area contributed by atoms with Crippen LogP contribution in [-0.4, -0.2) is 51.0 Å². The Morgan fingerprint density at radius 1 is 1.19 bits per heavy atom. The molecule has 2 fully saturated rings. The van der Waals surface area contributed by atoms with Gasteiger partial charge in [0.25, 0.3) is 0 Å². The zero-order valence-corrected chi connectivity index (χ0v) is 20.8. The number of benzene rings is 2. The Morgan fingerprint density at radius 3 is 2.69 bits per heavy atom. The number of thioether (sulfide) groups is 1. The lowest BCUT2D eigenvalue weighted by Gasteiger charge is -2.16. The van der Waals surface area contributed by atoms with Crippen molar-refractivity contribution in [2.24, 2.45) is 18.2 Å². The molecule has 1 amide bonds. The molecular weight excluding hydrogens is 487 g/mol. The highest BCUT2D eigenvalue weighted by Gasteiger charge is 2.57. The minimum absolute atomic E-state index is 0.227. The Hall–Kier alpha value is -2.85. The van der Waals surface area contributed by atoms with Gasteiger partial charge in [-0.1, -0.05) is 36.0 Å². The van der Waals surface area contributed by atoms with Crippen molar-refractivity contribution in [1.29, 1.82) is 0 Å². The maximum absolute atomic E-state index is 12.8. The number of alkyl halides is 3. The summed E-state index contributed by atoms with van der Waals surface area (Å²) in [7, 11) is 1.91. The third-order valence-corrected chi connectivity index (χ3v) is 8.49. The Morgan fingerprint density at radius 2 is 1.97 bits per heavy atom. The van der Waals surface area contributed by atoms with Gasteiger partial charge in [-0.05, 0) is 73.5 Å². The monoisotopic (exact) mass is 515 g/mol. The van der Waals surface area contributed by atoms with Gasteiger partial charge in [-0.15, -0.1) is 10.2 Å². The van der Waals surface area contributed by atoms with Crippen molar-refractivity contribution in [3.05, 3.63) is 65.2 Å². The molecule has 2 heterocycles. The van der Waals surface area contributed by atoms with Crippen LogP contribution in [0.5, 0.6) is 0 Å². The molecule has 1 aliphatic heterocycles. The van der Waals surface area contributed by atoms with E-state index in [-0.39, 0.29) is 5.41 Å². The van der Waals surface area contributed by atoms with Crippen molar-refractivity contribution in [2.75, 3.05) is 25.4 Å². The van der Waals surface area contributed by atoms with E-state index in [4.69, 9.17) is 5.73 Å². The summed E-state index contributed by atoms with van der Waals surface area (Å²) in [6, 6.07) is 12.8. The number of likely N-dealkylation sites (tertiary alicyclic amines) is 1. The lowest BCUT2D eigenvalue weighted by atomic mass is 9.97. The highest BCUT2D eigenvalue weighted by Crippen LogP contribution is 2.64. The number of carbonyl (C=O) groups is 1. The third kappa shape index (κ3) is 5.01. The van der Waals surface area contributed by atoms with Crippen LogP contribution in [0.3, 0.4) is 0 Å². The molecule has 2 aromatic carbocycles. The first-order valence-corrected chi connectivity index (χ1v) is 13.0. The molecule has 1 aliphatic carbocycles. The first-order chi connectivity index (χ1) is 17.2. The second-order valence-corrected chi connectivity index (χ2v) is 10.8. The van der Waals surface area contributed by atoms with Crippen LogP contribution in [0, 0.1) is 5.41 Å². The van der Waals surface area contributed by atoms with E-state index in [0.29, 0.717) is 17.3 Å².